The van der Waals surface area contributed by atoms with Gasteiger partial charge in [0.25, 0.3) is 0 Å². The van der Waals surface area contributed by atoms with E-state index in [-0.39, 0.29) is 11.5 Å². The summed E-state index contributed by atoms with van der Waals surface area (Å²) in [6, 6.07) is 3.55. The van der Waals surface area contributed by atoms with Crippen LogP contribution in [0.2, 0.25) is 0 Å². The van der Waals surface area contributed by atoms with Crippen LogP contribution in [-0.2, 0) is 14.3 Å². The van der Waals surface area contributed by atoms with E-state index in [2.05, 4.69) is 5.32 Å². The Morgan fingerprint density at radius 1 is 1.00 bits per heavy atom. The molecule has 0 aromatic heterocycles. The number of ether oxygens (including phenoxy) is 4. The van der Waals surface area contributed by atoms with Crippen molar-refractivity contribution in [1.82, 2.24) is 5.32 Å². The number of carbonyl (C=O) groups excluding carboxylic acids is 2. The summed E-state index contributed by atoms with van der Waals surface area (Å²) in [4.78, 5) is 35.4. The molecule has 0 fully saturated rings. The average molecular weight is 411 g/mol. The number of carboxylic acid groups (broad SMARTS) is 1. The van der Waals surface area contributed by atoms with Crippen molar-refractivity contribution < 1.29 is 38.4 Å². The van der Waals surface area contributed by atoms with Crippen LogP contribution in [0, 0.1) is 0 Å². The molecule has 29 heavy (non-hydrogen) atoms. The van der Waals surface area contributed by atoms with Crippen LogP contribution in [0.5, 0.6) is 11.5 Å². The molecule has 0 unspecified atom stereocenters. The highest BCUT2D eigenvalue weighted by Gasteiger charge is 2.25. The Morgan fingerprint density at radius 2 is 1.59 bits per heavy atom. The number of hydrogen-bond donors (Lipinski definition) is 2. The Hall–Kier alpha value is -2.97. The Labute approximate surface area is 170 Å². The molecular weight excluding hydrogens is 382 g/mol. The van der Waals surface area contributed by atoms with Gasteiger partial charge >= 0.3 is 18.2 Å². The predicted octanol–water partition coefficient (Wildman–Crippen LogP) is 4.05. The first-order valence-corrected chi connectivity index (χ1v) is 9.00. The first kappa shape index (κ1) is 24.1. The first-order valence-electron chi connectivity index (χ1n) is 9.00. The lowest BCUT2D eigenvalue weighted by Gasteiger charge is -2.24. The minimum absolute atomic E-state index is 0.0284. The van der Waals surface area contributed by atoms with Crippen molar-refractivity contribution in [3.8, 4) is 11.5 Å². The van der Waals surface area contributed by atoms with Crippen LogP contribution in [0.3, 0.4) is 0 Å². The van der Waals surface area contributed by atoms with Crippen LogP contribution in [0.1, 0.15) is 59.6 Å². The molecule has 0 saturated carbocycles. The standard InChI is InChI=1S/C20H29NO8/c1-19(2,3)28-17(24)21-13(11-16(22)23)12-8-9-14(26-7)15(10-12)27-18(25)29-20(4,5)6/h8-10,13H,11H2,1-7H3,(H,21,24)(H,22,23)/t13-/m1/s1. The van der Waals surface area contributed by atoms with Crippen LogP contribution >= 0.6 is 0 Å². The van der Waals surface area contributed by atoms with Gasteiger partial charge in [0.05, 0.1) is 19.6 Å². The third-order valence-corrected chi connectivity index (χ3v) is 3.24. The molecule has 1 atom stereocenters. The molecule has 2 N–H and O–H groups in total. The zero-order chi connectivity index (χ0) is 22.4. The normalized spacial score (nSPS) is 12.5. The van der Waals surface area contributed by atoms with Gasteiger partial charge in [-0.15, -0.1) is 0 Å². The second-order valence-corrected chi connectivity index (χ2v) is 8.27. The number of nitrogens with one attached hydrogen (secondary N) is 1. The molecule has 0 aliphatic carbocycles. The second-order valence-electron chi connectivity index (χ2n) is 8.27. The maximum Gasteiger partial charge on any atom is 0.514 e. The third kappa shape index (κ3) is 9.18. The molecule has 162 valence electrons. The topological polar surface area (TPSA) is 120 Å². The number of alkyl carbamates (subject to hydrolysis) is 1. The number of carbonyl (C=O) groups is 3. The molecule has 0 aliphatic rings. The number of amides is 1. The van der Waals surface area contributed by atoms with Crippen molar-refractivity contribution in [1.29, 1.82) is 0 Å². The number of carboxylic acids is 1. The van der Waals surface area contributed by atoms with Gasteiger partial charge in [0, 0.05) is 0 Å². The minimum atomic E-state index is -1.13. The van der Waals surface area contributed by atoms with E-state index < -0.39 is 41.9 Å². The maximum atomic E-state index is 12.1. The van der Waals surface area contributed by atoms with Gasteiger partial charge in [0.2, 0.25) is 0 Å². The smallest absolute Gasteiger partial charge is 0.493 e. The number of rotatable bonds is 6. The molecule has 0 saturated heterocycles. The van der Waals surface area contributed by atoms with Gasteiger partial charge in [-0.2, -0.15) is 0 Å². The largest absolute Gasteiger partial charge is 0.514 e. The molecule has 9 nitrogen and oxygen atoms in total. The Bertz CT molecular complexity index is 746. The van der Waals surface area contributed by atoms with E-state index in [9.17, 15) is 19.5 Å². The fourth-order valence-electron chi connectivity index (χ4n) is 2.23. The molecule has 0 heterocycles. The highest BCUT2D eigenvalue weighted by molar-refractivity contribution is 5.72. The molecule has 1 aromatic carbocycles. The van der Waals surface area contributed by atoms with Gasteiger partial charge in [-0.05, 0) is 59.2 Å². The van der Waals surface area contributed by atoms with Crippen molar-refractivity contribution in [3.05, 3.63) is 23.8 Å². The lowest BCUT2D eigenvalue weighted by Crippen LogP contribution is -2.35. The fourth-order valence-corrected chi connectivity index (χ4v) is 2.23. The maximum absolute atomic E-state index is 12.1. The van der Waals surface area contributed by atoms with Crippen molar-refractivity contribution in [2.45, 2.75) is 65.2 Å². The molecule has 0 aliphatic heterocycles. The average Bonchev–Trinajstić information content (AvgIpc) is 2.50. The Morgan fingerprint density at radius 3 is 2.07 bits per heavy atom. The molecule has 0 spiro atoms. The van der Waals surface area contributed by atoms with E-state index in [4.69, 9.17) is 18.9 Å². The van der Waals surface area contributed by atoms with E-state index in [0.29, 0.717) is 5.56 Å². The van der Waals surface area contributed by atoms with Gasteiger partial charge in [0.1, 0.15) is 11.2 Å². The molecular formula is C20H29NO8. The van der Waals surface area contributed by atoms with Gasteiger partial charge in [-0.3, -0.25) is 4.79 Å². The summed E-state index contributed by atoms with van der Waals surface area (Å²) in [5.41, 5.74) is -1.12. The fraction of sp³-hybridized carbons (Fsp3) is 0.550. The highest BCUT2D eigenvalue weighted by atomic mass is 16.7. The van der Waals surface area contributed by atoms with Gasteiger partial charge in [-0.1, -0.05) is 6.07 Å². The van der Waals surface area contributed by atoms with Crippen LogP contribution in [0.4, 0.5) is 9.59 Å². The van der Waals surface area contributed by atoms with Gasteiger partial charge < -0.3 is 29.4 Å². The van der Waals surface area contributed by atoms with Crippen molar-refractivity contribution in [2.75, 3.05) is 7.11 Å². The summed E-state index contributed by atoms with van der Waals surface area (Å²) < 4.78 is 20.7. The molecule has 0 radical (unpaired) electrons. The number of methoxy groups -OCH3 is 1. The summed E-state index contributed by atoms with van der Waals surface area (Å²) in [5.74, 6) is -0.858. The molecule has 1 rings (SSSR count). The molecule has 1 amide bonds. The van der Waals surface area contributed by atoms with E-state index >= 15 is 0 Å². The van der Waals surface area contributed by atoms with E-state index in [0.717, 1.165) is 0 Å². The van der Waals surface area contributed by atoms with Crippen LogP contribution in [-0.4, -0.2) is 41.6 Å². The number of hydrogen-bond acceptors (Lipinski definition) is 7. The lowest BCUT2D eigenvalue weighted by atomic mass is 10.0. The summed E-state index contributed by atoms with van der Waals surface area (Å²) >= 11 is 0. The van der Waals surface area contributed by atoms with Crippen molar-refractivity contribution in [3.63, 3.8) is 0 Å². The SMILES string of the molecule is COc1ccc([C@@H](CC(=O)O)NC(=O)OC(C)(C)C)cc1OC(=O)OC(C)(C)C. The Balaban J connectivity index is 3.14. The monoisotopic (exact) mass is 411 g/mol. The third-order valence-electron chi connectivity index (χ3n) is 3.24. The summed E-state index contributed by atoms with van der Waals surface area (Å²) in [5, 5.41) is 11.7. The van der Waals surface area contributed by atoms with Crippen molar-refractivity contribution >= 4 is 18.2 Å². The van der Waals surface area contributed by atoms with Crippen LogP contribution in [0.25, 0.3) is 0 Å². The Kier molecular flexibility index (Phi) is 7.87. The second kappa shape index (κ2) is 9.49. The number of benzene rings is 1. The van der Waals surface area contributed by atoms with Crippen LogP contribution in [0.15, 0.2) is 18.2 Å². The predicted molar refractivity (Wildman–Crippen MR) is 104 cm³/mol. The zero-order valence-electron chi connectivity index (χ0n) is 17.8. The summed E-state index contributed by atoms with van der Waals surface area (Å²) in [7, 11) is 1.39. The number of aliphatic carboxylic acids is 1. The highest BCUT2D eigenvalue weighted by Crippen LogP contribution is 2.32. The molecule has 9 heteroatoms. The molecule has 1 aromatic rings. The first-order chi connectivity index (χ1) is 13.2. The zero-order valence-corrected chi connectivity index (χ0v) is 17.8. The quantitative estimate of drug-likeness (QED) is 0.531. The van der Waals surface area contributed by atoms with Crippen molar-refractivity contribution in [2.24, 2.45) is 0 Å². The van der Waals surface area contributed by atoms with Gasteiger partial charge in [0.15, 0.2) is 11.5 Å². The van der Waals surface area contributed by atoms with E-state index in [1.165, 1.54) is 19.2 Å². The minimum Gasteiger partial charge on any atom is -0.493 e. The lowest BCUT2D eigenvalue weighted by molar-refractivity contribution is -0.137. The van der Waals surface area contributed by atoms with E-state index in [1.54, 1.807) is 47.6 Å². The summed E-state index contributed by atoms with van der Waals surface area (Å²) in [6.07, 6.45) is -2.12. The van der Waals surface area contributed by atoms with Crippen LogP contribution < -0.4 is 14.8 Å². The molecule has 0 bridgehead atoms. The van der Waals surface area contributed by atoms with Gasteiger partial charge in [-0.25, -0.2) is 9.59 Å². The summed E-state index contributed by atoms with van der Waals surface area (Å²) in [6.45, 7) is 10.2. The van der Waals surface area contributed by atoms with E-state index in [1.807, 2.05) is 0 Å².